The van der Waals surface area contributed by atoms with E-state index in [4.69, 9.17) is 4.52 Å². The molecule has 2 N–H and O–H groups in total. The van der Waals surface area contributed by atoms with Gasteiger partial charge in [-0.3, -0.25) is 9.59 Å². The van der Waals surface area contributed by atoms with E-state index in [1.165, 1.54) is 0 Å². The first kappa shape index (κ1) is 17.7. The molecule has 0 spiro atoms. The van der Waals surface area contributed by atoms with Crippen LogP contribution in [0.3, 0.4) is 0 Å². The first-order valence-electron chi connectivity index (χ1n) is 8.78. The summed E-state index contributed by atoms with van der Waals surface area (Å²) in [5, 5.41) is 9.34. The van der Waals surface area contributed by atoms with Crippen LogP contribution in [0.1, 0.15) is 16.2 Å². The number of nitrogens with zero attached hydrogens (tertiary/aromatic N) is 4. The van der Waals surface area contributed by atoms with Crippen molar-refractivity contribution in [3.63, 3.8) is 0 Å². The van der Waals surface area contributed by atoms with E-state index in [0.717, 1.165) is 5.56 Å². The third-order valence-electron chi connectivity index (χ3n) is 4.29. The Hall–Kier alpha value is -3.75. The van der Waals surface area contributed by atoms with Gasteiger partial charge >= 0.3 is 0 Å². The van der Waals surface area contributed by atoms with Crippen LogP contribution >= 0.6 is 0 Å². The minimum Gasteiger partial charge on any atom is -0.353 e. The summed E-state index contributed by atoms with van der Waals surface area (Å²) in [5.74, 6) is 1.39. The molecule has 9 heteroatoms. The molecule has 0 unspecified atom stereocenters. The molecule has 1 aliphatic rings. The highest BCUT2D eigenvalue weighted by molar-refractivity contribution is 6.04. The highest BCUT2D eigenvalue weighted by Crippen LogP contribution is 2.19. The van der Waals surface area contributed by atoms with Gasteiger partial charge in [-0.25, -0.2) is 4.98 Å². The van der Waals surface area contributed by atoms with Crippen molar-refractivity contribution in [2.45, 2.75) is 6.92 Å². The van der Waals surface area contributed by atoms with Crippen LogP contribution in [0, 0.1) is 6.92 Å². The number of hydrogen-bond donors (Lipinski definition) is 2. The van der Waals surface area contributed by atoms with Gasteiger partial charge in [-0.05, 0) is 43.3 Å². The number of amides is 2. The van der Waals surface area contributed by atoms with Gasteiger partial charge in [0.25, 0.3) is 11.8 Å². The molecule has 0 bridgehead atoms. The van der Waals surface area contributed by atoms with Crippen molar-refractivity contribution in [3.8, 4) is 11.5 Å². The van der Waals surface area contributed by atoms with Gasteiger partial charge in [-0.15, -0.1) is 0 Å². The van der Waals surface area contributed by atoms with Gasteiger partial charge in [-0.1, -0.05) is 5.16 Å². The number of carbonyl (C=O) groups excluding carboxylic acids is 2. The number of benzene rings is 1. The predicted molar refractivity (Wildman–Crippen MR) is 102 cm³/mol. The average molecular weight is 378 g/mol. The van der Waals surface area contributed by atoms with Crippen molar-refractivity contribution in [1.82, 2.24) is 20.4 Å². The second kappa shape index (κ2) is 7.47. The molecular formula is C19H18N6O3. The molecule has 1 aliphatic heterocycles. The van der Waals surface area contributed by atoms with E-state index in [-0.39, 0.29) is 18.4 Å². The summed E-state index contributed by atoms with van der Waals surface area (Å²) in [7, 11) is 0. The zero-order chi connectivity index (χ0) is 19.5. The van der Waals surface area contributed by atoms with Crippen LogP contribution < -0.4 is 15.5 Å². The number of aryl methyl sites for hydroxylation is 1. The number of rotatable bonds is 4. The Kier molecular flexibility index (Phi) is 4.71. The molecule has 2 aromatic heterocycles. The number of piperazine rings is 1. The lowest BCUT2D eigenvalue weighted by atomic mass is 10.1. The molecule has 142 valence electrons. The molecule has 1 saturated heterocycles. The minimum atomic E-state index is -0.250. The van der Waals surface area contributed by atoms with E-state index in [0.29, 0.717) is 41.9 Å². The molecule has 2 amide bonds. The molecular weight excluding hydrogens is 360 g/mol. The first-order valence-corrected chi connectivity index (χ1v) is 8.78. The molecule has 0 atom stereocenters. The van der Waals surface area contributed by atoms with Crippen LogP contribution in [0.2, 0.25) is 0 Å². The fourth-order valence-electron chi connectivity index (χ4n) is 2.86. The minimum absolute atomic E-state index is 0.0235. The van der Waals surface area contributed by atoms with Crippen LogP contribution in [0.15, 0.2) is 47.1 Å². The predicted octanol–water partition coefficient (Wildman–Crippen LogP) is 1.63. The molecule has 1 fully saturated rings. The van der Waals surface area contributed by atoms with E-state index in [1.807, 2.05) is 4.90 Å². The van der Waals surface area contributed by atoms with Crippen LogP contribution in [-0.2, 0) is 4.79 Å². The van der Waals surface area contributed by atoms with E-state index in [1.54, 1.807) is 49.5 Å². The van der Waals surface area contributed by atoms with Crippen molar-refractivity contribution in [2.24, 2.45) is 0 Å². The number of anilines is 2. The number of hydrogen-bond acceptors (Lipinski definition) is 7. The Morgan fingerprint density at radius 1 is 1.21 bits per heavy atom. The largest absolute Gasteiger partial charge is 0.353 e. The van der Waals surface area contributed by atoms with E-state index < -0.39 is 0 Å². The highest BCUT2D eigenvalue weighted by atomic mass is 16.5. The Morgan fingerprint density at radius 3 is 2.68 bits per heavy atom. The summed E-state index contributed by atoms with van der Waals surface area (Å²) >= 11 is 0. The van der Waals surface area contributed by atoms with Crippen molar-refractivity contribution in [1.29, 1.82) is 0 Å². The van der Waals surface area contributed by atoms with Crippen molar-refractivity contribution in [3.05, 3.63) is 54.0 Å². The molecule has 0 saturated carbocycles. The summed E-state index contributed by atoms with van der Waals surface area (Å²) < 4.78 is 5.12. The number of pyridine rings is 1. The molecule has 0 radical (unpaired) electrons. The Labute approximate surface area is 160 Å². The average Bonchev–Trinajstić information content (AvgIpc) is 3.15. The zero-order valence-electron chi connectivity index (χ0n) is 15.2. The Balaban J connectivity index is 1.41. The van der Waals surface area contributed by atoms with E-state index in [2.05, 4.69) is 25.8 Å². The molecule has 28 heavy (non-hydrogen) atoms. The van der Waals surface area contributed by atoms with E-state index >= 15 is 0 Å². The van der Waals surface area contributed by atoms with Gasteiger partial charge in [0.1, 0.15) is 5.82 Å². The molecule has 1 aromatic carbocycles. The topological polar surface area (TPSA) is 113 Å². The number of carbonyl (C=O) groups is 2. The second-order valence-corrected chi connectivity index (χ2v) is 6.35. The maximum absolute atomic E-state index is 12.4. The van der Waals surface area contributed by atoms with Gasteiger partial charge < -0.3 is 20.1 Å². The SMILES string of the molecule is Cc1noc(-c2ccc(C(=O)Nc3ccc(N4CCNC(=O)C4)nc3)cc2)n1. The lowest BCUT2D eigenvalue weighted by molar-refractivity contribution is -0.120. The summed E-state index contributed by atoms with van der Waals surface area (Å²) in [6, 6.07) is 10.4. The molecule has 4 rings (SSSR count). The molecule has 3 heterocycles. The molecule has 0 aliphatic carbocycles. The van der Waals surface area contributed by atoms with Gasteiger partial charge in [0.05, 0.1) is 18.4 Å². The fourth-order valence-corrected chi connectivity index (χ4v) is 2.86. The Bertz CT molecular complexity index is 997. The standard InChI is InChI=1S/C19H18N6O3/c1-12-22-19(28-24-12)14-4-2-13(3-5-14)18(27)23-15-6-7-16(21-10-15)25-9-8-20-17(26)11-25/h2-7,10H,8-9,11H2,1H3,(H,20,26)(H,23,27). The first-order chi connectivity index (χ1) is 13.6. The monoisotopic (exact) mass is 378 g/mol. The summed E-state index contributed by atoms with van der Waals surface area (Å²) in [4.78, 5) is 34.3. The van der Waals surface area contributed by atoms with Crippen LogP contribution in [0.5, 0.6) is 0 Å². The smallest absolute Gasteiger partial charge is 0.257 e. The third-order valence-corrected chi connectivity index (χ3v) is 4.29. The van der Waals surface area contributed by atoms with Gasteiger partial charge in [-0.2, -0.15) is 4.98 Å². The van der Waals surface area contributed by atoms with Crippen LogP contribution in [0.25, 0.3) is 11.5 Å². The summed E-state index contributed by atoms with van der Waals surface area (Å²) in [6.45, 7) is 3.33. The maximum Gasteiger partial charge on any atom is 0.257 e. The maximum atomic E-state index is 12.4. The fraction of sp³-hybridized carbons (Fsp3) is 0.211. The lowest BCUT2D eigenvalue weighted by Gasteiger charge is -2.27. The van der Waals surface area contributed by atoms with Crippen LogP contribution in [-0.4, -0.2) is 46.6 Å². The third kappa shape index (κ3) is 3.83. The van der Waals surface area contributed by atoms with Gasteiger partial charge in [0, 0.05) is 24.2 Å². The normalized spacial score (nSPS) is 13.9. The number of aromatic nitrogens is 3. The quantitative estimate of drug-likeness (QED) is 0.709. The summed E-state index contributed by atoms with van der Waals surface area (Å²) in [5.41, 5.74) is 1.82. The Morgan fingerprint density at radius 2 is 2.04 bits per heavy atom. The van der Waals surface area contributed by atoms with Crippen molar-refractivity contribution in [2.75, 3.05) is 29.9 Å². The van der Waals surface area contributed by atoms with Gasteiger partial charge in [0.15, 0.2) is 5.82 Å². The summed E-state index contributed by atoms with van der Waals surface area (Å²) in [6.07, 6.45) is 1.58. The van der Waals surface area contributed by atoms with Gasteiger partial charge in [0.2, 0.25) is 5.91 Å². The van der Waals surface area contributed by atoms with Crippen LogP contribution in [0.4, 0.5) is 11.5 Å². The molecule has 3 aromatic rings. The van der Waals surface area contributed by atoms with Crippen molar-refractivity contribution < 1.29 is 14.1 Å². The zero-order valence-corrected chi connectivity index (χ0v) is 15.2. The van der Waals surface area contributed by atoms with E-state index in [9.17, 15) is 9.59 Å². The number of nitrogens with one attached hydrogen (secondary N) is 2. The molecule has 9 nitrogen and oxygen atoms in total. The second-order valence-electron chi connectivity index (χ2n) is 6.35. The lowest BCUT2D eigenvalue weighted by Crippen LogP contribution is -2.48. The highest BCUT2D eigenvalue weighted by Gasteiger charge is 2.17. The van der Waals surface area contributed by atoms with Crippen molar-refractivity contribution >= 4 is 23.3 Å².